The lowest BCUT2D eigenvalue weighted by Gasteiger charge is -2.57. The van der Waals surface area contributed by atoms with Crippen molar-refractivity contribution in [3.8, 4) is 11.8 Å². The van der Waals surface area contributed by atoms with Crippen molar-refractivity contribution in [3.05, 3.63) is 35.4 Å². The Morgan fingerprint density at radius 1 is 1.16 bits per heavy atom. The van der Waals surface area contributed by atoms with Gasteiger partial charge in [0.2, 0.25) is 5.91 Å². The average molecular weight is 338 g/mol. The summed E-state index contributed by atoms with van der Waals surface area (Å²) in [6, 6.07) is 8.49. The Balaban J connectivity index is 1.46. The smallest absolute Gasteiger partial charge is 0.237 e. The number of amides is 1. The van der Waals surface area contributed by atoms with E-state index in [1.807, 2.05) is 4.90 Å². The molecule has 0 bridgehead atoms. The number of nitrogens with one attached hydrogen (secondary N) is 1. The highest BCUT2D eigenvalue weighted by atomic mass is 16.3. The first-order valence-electron chi connectivity index (χ1n) is 9.52. The average Bonchev–Trinajstić information content (AvgIpc) is 2.64. The van der Waals surface area contributed by atoms with Gasteiger partial charge in [0.25, 0.3) is 0 Å². The van der Waals surface area contributed by atoms with Crippen molar-refractivity contribution in [2.24, 2.45) is 5.92 Å². The number of piperazine rings is 1. The molecule has 0 radical (unpaired) electrons. The van der Waals surface area contributed by atoms with Gasteiger partial charge in [0.05, 0.1) is 25.2 Å². The van der Waals surface area contributed by atoms with Gasteiger partial charge in [-0.2, -0.15) is 0 Å². The summed E-state index contributed by atoms with van der Waals surface area (Å²) in [7, 11) is 0. The molecule has 4 nitrogen and oxygen atoms in total. The van der Waals surface area contributed by atoms with Crippen molar-refractivity contribution in [3.63, 3.8) is 0 Å². The Morgan fingerprint density at radius 2 is 1.92 bits per heavy atom. The zero-order valence-corrected chi connectivity index (χ0v) is 14.6. The number of nitrogens with zero attached hydrogens (tertiary/aromatic N) is 1. The maximum Gasteiger partial charge on any atom is 0.237 e. The highest BCUT2D eigenvalue weighted by Crippen LogP contribution is 2.41. The molecule has 4 heteroatoms. The molecule has 2 aliphatic heterocycles. The summed E-state index contributed by atoms with van der Waals surface area (Å²) in [5.41, 5.74) is 2.25. The van der Waals surface area contributed by atoms with E-state index in [4.69, 9.17) is 0 Å². The minimum Gasteiger partial charge on any atom is -0.394 e. The molecule has 0 spiro atoms. The molecule has 3 fully saturated rings. The number of rotatable bonds is 2. The van der Waals surface area contributed by atoms with E-state index in [1.54, 1.807) is 0 Å². The fraction of sp³-hybridized carbons (Fsp3) is 0.571. The molecule has 2 N–H and O–H groups in total. The standard InChI is InChI=1S/C21H26N2O2/c24-14-19-21(18-12-22-13-20(25)23(18)19)17-10-8-16(9-11-17)7-6-15-4-2-1-3-5-15/h8-11,15,18-19,21-22,24H,1-5,12-14H2/t18-,19-,21+/m1/s1. The van der Waals surface area contributed by atoms with Gasteiger partial charge < -0.3 is 15.3 Å². The van der Waals surface area contributed by atoms with Crippen molar-refractivity contribution in [2.45, 2.75) is 50.1 Å². The molecule has 0 aromatic heterocycles. The van der Waals surface area contributed by atoms with Gasteiger partial charge in [0, 0.05) is 23.9 Å². The third kappa shape index (κ3) is 3.19. The number of aliphatic hydroxyl groups excluding tert-OH is 1. The largest absolute Gasteiger partial charge is 0.394 e. The monoisotopic (exact) mass is 338 g/mol. The van der Waals surface area contributed by atoms with Gasteiger partial charge in [-0.05, 0) is 30.5 Å². The van der Waals surface area contributed by atoms with Crippen LogP contribution < -0.4 is 5.32 Å². The van der Waals surface area contributed by atoms with Crippen LogP contribution in [0.5, 0.6) is 0 Å². The maximum atomic E-state index is 12.0. The van der Waals surface area contributed by atoms with Crippen molar-refractivity contribution in [2.75, 3.05) is 19.7 Å². The molecule has 25 heavy (non-hydrogen) atoms. The molecular formula is C21H26N2O2. The molecule has 2 saturated heterocycles. The Hall–Kier alpha value is -1.83. The van der Waals surface area contributed by atoms with Crippen molar-refractivity contribution in [1.82, 2.24) is 10.2 Å². The summed E-state index contributed by atoms with van der Waals surface area (Å²) in [5.74, 6) is 7.63. The van der Waals surface area contributed by atoms with Gasteiger partial charge in [0.1, 0.15) is 0 Å². The van der Waals surface area contributed by atoms with E-state index in [-0.39, 0.29) is 30.5 Å². The summed E-state index contributed by atoms with van der Waals surface area (Å²) in [6.07, 6.45) is 6.46. The molecule has 3 atom stereocenters. The Morgan fingerprint density at radius 3 is 2.64 bits per heavy atom. The summed E-state index contributed by atoms with van der Waals surface area (Å²) in [4.78, 5) is 13.9. The number of fused-ring (bicyclic) bond motifs is 1. The third-order valence-corrected chi connectivity index (χ3v) is 5.97. The molecule has 1 aliphatic carbocycles. The van der Waals surface area contributed by atoms with E-state index in [0.717, 1.165) is 12.1 Å². The minimum atomic E-state index is -0.0845. The van der Waals surface area contributed by atoms with E-state index in [1.165, 1.54) is 37.7 Å². The predicted molar refractivity (Wildman–Crippen MR) is 97.0 cm³/mol. The Bertz CT molecular complexity index is 676. The Kier molecular flexibility index (Phi) is 4.78. The molecule has 1 saturated carbocycles. The minimum absolute atomic E-state index is 0.0240. The van der Waals surface area contributed by atoms with Crippen LogP contribution in [0.1, 0.15) is 49.1 Å². The Labute approximate surface area is 149 Å². The normalized spacial score (nSPS) is 29.4. The van der Waals surface area contributed by atoms with Crippen LogP contribution in [-0.4, -0.2) is 47.7 Å². The number of hydrogen-bond donors (Lipinski definition) is 2. The lowest BCUT2D eigenvalue weighted by Crippen LogP contribution is -2.72. The first kappa shape index (κ1) is 16.6. The highest BCUT2D eigenvalue weighted by Gasteiger charge is 2.52. The molecule has 0 unspecified atom stereocenters. The van der Waals surface area contributed by atoms with E-state index in [2.05, 4.69) is 41.4 Å². The molecule has 132 valence electrons. The van der Waals surface area contributed by atoms with Crippen LogP contribution in [0, 0.1) is 17.8 Å². The van der Waals surface area contributed by atoms with Crippen LogP contribution in [0.4, 0.5) is 0 Å². The molecule has 1 aromatic carbocycles. The zero-order chi connectivity index (χ0) is 17.2. The van der Waals surface area contributed by atoms with Crippen LogP contribution in [0.3, 0.4) is 0 Å². The number of carbonyl (C=O) groups is 1. The van der Waals surface area contributed by atoms with E-state index in [0.29, 0.717) is 12.5 Å². The SMILES string of the molecule is O=C1CNC[C@@H]2[C@H](c3ccc(C#CC4CCCCC4)cc3)[C@@H](CO)N12. The first-order valence-corrected chi connectivity index (χ1v) is 9.52. The van der Waals surface area contributed by atoms with Crippen LogP contribution in [-0.2, 0) is 4.79 Å². The summed E-state index contributed by atoms with van der Waals surface area (Å²) in [6.45, 7) is 1.21. The lowest BCUT2D eigenvalue weighted by atomic mass is 9.74. The summed E-state index contributed by atoms with van der Waals surface area (Å²) in [5, 5.41) is 12.9. The van der Waals surface area contributed by atoms with Gasteiger partial charge in [0.15, 0.2) is 0 Å². The zero-order valence-electron chi connectivity index (χ0n) is 14.6. The summed E-state index contributed by atoms with van der Waals surface area (Å²) < 4.78 is 0. The predicted octanol–water partition coefficient (Wildman–Crippen LogP) is 1.88. The van der Waals surface area contributed by atoms with E-state index in [9.17, 15) is 9.90 Å². The van der Waals surface area contributed by atoms with Crippen molar-refractivity contribution >= 4 is 5.91 Å². The number of hydrogen-bond acceptors (Lipinski definition) is 3. The summed E-state index contributed by atoms with van der Waals surface area (Å²) >= 11 is 0. The van der Waals surface area contributed by atoms with Crippen LogP contribution in [0.15, 0.2) is 24.3 Å². The topological polar surface area (TPSA) is 52.6 Å². The van der Waals surface area contributed by atoms with Gasteiger partial charge in [-0.15, -0.1) is 0 Å². The number of benzene rings is 1. The third-order valence-electron chi connectivity index (χ3n) is 5.97. The quantitative estimate of drug-likeness (QED) is 0.810. The highest BCUT2D eigenvalue weighted by molar-refractivity contribution is 5.81. The molecule has 1 aromatic rings. The molecule has 4 rings (SSSR count). The fourth-order valence-corrected chi connectivity index (χ4v) is 4.63. The molecule has 2 heterocycles. The molecule has 1 amide bonds. The van der Waals surface area contributed by atoms with Crippen LogP contribution in [0.2, 0.25) is 0 Å². The number of aliphatic hydroxyl groups is 1. The van der Waals surface area contributed by atoms with Gasteiger partial charge >= 0.3 is 0 Å². The van der Waals surface area contributed by atoms with Crippen LogP contribution >= 0.6 is 0 Å². The number of carbonyl (C=O) groups excluding carboxylic acids is 1. The lowest BCUT2D eigenvalue weighted by molar-refractivity contribution is -0.153. The van der Waals surface area contributed by atoms with Gasteiger partial charge in [-0.25, -0.2) is 0 Å². The second-order valence-electron chi connectivity index (χ2n) is 7.50. The van der Waals surface area contributed by atoms with Crippen LogP contribution in [0.25, 0.3) is 0 Å². The van der Waals surface area contributed by atoms with E-state index >= 15 is 0 Å². The molecule has 3 aliphatic rings. The van der Waals surface area contributed by atoms with Gasteiger partial charge in [-0.3, -0.25) is 4.79 Å². The van der Waals surface area contributed by atoms with Gasteiger partial charge in [-0.1, -0.05) is 43.2 Å². The molecular weight excluding hydrogens is 312 g/mol. The fourth-order valence-electron chi connectivity index (χ4n) is 4.63. The second kappa shape index (κ2) is 7.19. The van der Waals surface area contributed by atoms with Crippen molar-refractivity contribution < 1.29 is 9.90 Å². The van der Waals surface area contributed by atoms with Crippen molar-refractivity contribution in [1.29, 1.82) is 0 Å². The van der Waals surface area contributed by atoms with E-state index < -0.39 is 0 Å². The maximum absolute atomic E-state index is 12.0. The second-order valence-corrected chi connectivity index (χ2v) is 7.50. The first-order chi connectivity index (χ1) is 12.3.